The lowest BCUT2D eigenvalue weighted by molar-refractivity contribution is -0.137. The molecule has 2 atom stereocenters. The predicted octanol–water partition coefficient (Wildman–Crippen LogP) is 2.72. The van der Waals surface area contributed by atoms with E-state index in [2.05, 4.69) is 51.9 Å². The van der Waals surface area contributed by atoms with Gasteiger partial charge in [0, 0.05) is 45.1 Å². The minimum Gasteiger partial charge on any atom is -0.485 e. The number of rotatable bonds is 21. The van der Waals surface area contributed by atoms with Crippen LogP contribution in [0.3, 0.4) is 0 Å². The first-order chi connectivity index (χ1) is 30.6. The van der Waals surface area contributed by atoms with Gasteiger partial charge >= 0.3 is 6.18 Å². The Morgan fingerprint density at radius 2 is 1.11 bits per heavy atom. The van der Waals surface area contributed by atoms with E-state index in [1.807, 2.05) is 0 Å². The van der Waals surface area contributed by atoms with Crippen LogP contribution in [0.25, 0.3) is 0 Å². The number of nitrogens with two attached hydrogens (primary N) is 4. The van der Waals surface area contributed by atoms with Crippen LogP contribution in [0.1, 0.15) is 83.5 Å². The van der Waals surface area contributed by atoms with Gasteiger partial charge in [-0.05, 0) is 81.4 Å². The Morgan fingerprint density at radius 3 is 1.52 bits per heavy atom. The number of guanidine groups is 2. The number of amides is 4. The zero-order valence-electron chi connectivity index (χ0n) is 34.8. The Labute approximate surface area is 365 Å². The second-order valence-corrected chi connectivity index (χ2v) is 14.8. The lowest BCUT2D eigenvalue weighted by Gasteiger charge is -2.22. The van der Waals surface area contributed by atoms with Crippen LogP contribution < -0.4 is 64.3 Å². The standard InChI is InChI=1S/C40H52F4N14O6/c41-18-22-13-26(55-32(59)5-1-3-9-51-38(45)46)34(63-24-7-11-49-19-24)27(14-22)57-36(61)30-17-31(54-21-53-30)37(62)58-29-16-23(40(42,43)44)15-28(35(29)64-25-8-12-50-20-25)56-33(60)6-2-4-10-52-39(47)48/h13-17,21,24-25,49-50H,1-12,18-20H2,(H,55,59)(H,56,60)(H,57,61)(H,58,62)(H4,45,46,51)(H4,47,48,52). The van der Waals surface area contributed by atoms with Gasteiger partial charge < -0.3 is 64.3 Å². The molecule has 2 aliphatic heterocycles. The van der Waals surface area contributed by atoms with Gasteiger partial charge in [0.25, 0.3) is 11.8 Å². The summed E-state index contributed by atoms with van der Waals surface area (Å²) in [7, 11) is 0. The largest absolute Gasteiger partial charge is 0.485 e. The first kappa shape index (κ1) is 48.2. The van der Waals surface area contributed by atoms with Crippen molar-refractivity contribution in [3.63, 3.8) is 0 Å². The number of benzene rings is 2. The number of carbonyl (C=O) groups excluding carboxylic acids is 4. The van der Waals surface area contributed by atoms with Gasteiger partial charge in [0.2, 0.25) is 11.8 Å². The van der Waals surface area contributed by atoms with Crippen LogP contribution in [0.2, 0.25) is 0 Å². The predicted molar refractivity (Wildman–Crippen MR) is 231 cm³/mol. The third-order valence-electron chi connectivity index (χ3n) is 9.71. The molecule has 3 aromatic rings. The number of hydrogen-bond donors (Lipinski definition) is 10. The molecule has 2 aromatic carbocycles. The second-order valence-electron chi connectivity index (χ2n) is 14.8. The van der Waals surface area contributed by atoms with E-state index in [1.165, 1.54) is 12.1 Å². The van der Waals surface area contributed by atoms with Gasteiger partial charge in [-0.2, -0.15) is 13.2 Å². The zero-order valence-corrected chi connectivity index (χ0v) is 34.8. The minimum absolute atomic E-state index is 0.0183. The molecule has 1 aromatic heterocycles. The van der Waals surface area contributed by atoms with Crippen molar-refractivity contribution in [3.8, 4) is 11.5 Å². The molecule has 0 spiro atoms. The van der Waals surface area contributed by atoms with E-state index in [4.69, 9.17) is 32.4 Å². The number of carbonyl (C=O) groups is 4. The number of aromatic nitrogens is 2. The lowest BCUT2D eigenvalue weighted by Crippen LogP contribution is -2.24. The molecule has 0 saturated carbocycles. The van der Waals surface area contributed by atoms with E-state index < -0.39 is 59.5 Å². The van der Waals surface area contributed by atoms with Crippen LogP contribution in [0.4, 0.5) is 40.3 Å². The highest BCUT2D eigenvalue weighted by molar-refractivity contribution is 6.09. The summed E-state index contributed by atoms with van der Waals surface area (Å²) in [5.41, 5.74) is 18.8. The molecule has 24 heteroatoms. The van der Waals surface area contributed by atoms with E-state index in [1.54, 1.807) is 0 Å². The Hall–Kier alpha value is -6.82. The van der Waals surface area contributed by atoms with Crippen LogP contribution in [0.15, 0.2) is 46.6 Å². The average Bonchev–Trinajstić information content (AvgIpc) is 3.97. The third-order valence-corrected chi connectivity index (χ3v) is 9.71. The molecule has 0 aliphatic carbocycles. The molecular weight excluding hydrogens is 849 g/mol. The van der Waals surface area contributed by atoms with Crippen molar-refractivity contribution in [1.29, 1.82) is 0 Å². The molecule has 20 nitrogen and oxygen atoms in total. The summed E-state index contributed by atoms with van der Waals surface area (Å²) >= 11 is 0. The van der Waals surface area contributed by atoms with Crippen molar-refractivity contribution in [2.45, 2.75) is 76.4 Å². The normalized spacial score (nSPS) is 15.8. The molecule has 346 valence electrons. The summed E-state index contributed by atoms with van der Waals surface area (Å²) in [6, 6.07) is 5.09. The van der Waals surface area contributed by atoms with Crippen molar-refractivity contribution in [3.05, 3.63) is 59.2 Å². The van der Waals surface area contributed by atoms with Crippen LogP contribution in [0.5, 0.6) is 11.5 Å². The van der Waals surface area contributed by atoms with Crippen LogP contribution in [0, 0.1) is 0 Å². The van der Waals surface area contributed by atoms with E-state index in [9.17, 15) is 36.7 Å². The van der Waals surface area contributed by atoms with Crippen molar-refractivity contribution < 1.29 is 46.2 Å². The second kappa shape index (κ2) is 23.0. The number of halogens is 4. The molecule has 2 unspecified atom stereocenters. The maximum Gasteiger partial charge on any atom is 0.416 e. The number of anilines is 4. The van der Waals surface area contributed by atoms with Gasteiger partial charge in [-0.25, -0.2) is 14.4 Å². The van der Waals surface area contributed by atoms with E-state index in [0.717, 1.165) is 12.4 Å². The molecule has 2 aliphatic rings. The number of nitrogens with zero attached hydrogens (tertiary/aromatic N) is 4. The van der Waals surface area contributed by atoms with Gasteiger partial charge in [-0.1, -0.05) is 0 Å². The van der Waals surface area contributed by atoms with Gasteiger partial charge in [0.15, 0.2) is 23.4 Å². The fourth-order valence-electron chi connectivity index (χ4n) is 6.59. The molecule has 4 amide bonds. The SMILES string of the molecule is NC(N)=NCCCCC(=O)Nc1cc(CF)cc(NC(=O)c2cc(C(=O)Nc3cc(C(F)(F)F)cc(NC(=O)CCCCN=C(N)N)c3OC3CCNC3)ncn2)c1OC1CCNC1. The average molecular weight is 901 g/mol. The van der Waals surface area contributed by atoms with Crippen molar-refractivity contribution >= 4 is 58.3 Å². The monoisotopic (exact) mass is 900 g/mol. The lowest BCUT2D eigenvalue weighted by atomic mass is 10.1. The van der Waals surface area contributed by atoms with Crippen LogP contribution in [-0.2, 0) is 22.4 Å². The third kappa shape index (κ3) is 14.6. The Bertz CT molecular complexity index is 2190. The summed E-state index contributed by atoms with van der Waals surface area (Å²) in [6.07, 6.45) is -2.18. The first-order valence-corrected chi connectivity index (χ1v) is 20.5. The summed E-state index contributed by atoms with van der Waals surface area (Å²) < 4.78 is 69.5. The maximum atomic E-state index is 14.3. The minimum atomic E-state index is -4.92. The summed E-state index contributed by atoms with van der Waals surface area (Å²) in [4.78, 5) is 69.2. The Kier molecular flexibility index (Phi) is 17.4. The van der Waals surface area contributed by atoms with Crippen LogP contribution >= 0.6 is 0 Å². The fraction of sp³-hybridized carbons (Fsp3) is 0.450. The van der Waals surface area contributed by atoms with Gasteiger partial charge in [0.1, 0.15) is 36.6 Å². The van der Waals surface area contributed by atoms with Gasteiger partial charge in [-0.15, -0.1) is 0 Å². The molecule has 2 saturated heterocycles. The molecule has 3 heterocycles. The number of hydrogen-bond acceptors (Lipinski definition) is 12. The highest BCUT2D eigenvalue weighted by Crippen LogP contribution is 2.42. The topological polar surface area (TPSA) is 313 Å². The Balaban J connectivity index is 1.40. The van der Waals surface area contributed by atoms with Crippen molar-refractivity contribution in [2.75, 3.05) is 60.5 Å². The zero-order chi connectivity index (χ0) is 46.2. The molecule has 64 heavy (non-hydrogen) atoms. The molecule has 0 radical (unpaired) electrons. The van der Waals surface area contributed by atoms with E-state index >= 15 is 0 Å². The van der Waals surface area contributed by atoms with Crippen molar-refractivity contribution in [2.24, 2.45) is 32.9 Å². The number of aliphatic imine (C=N–C) groups is 2. The van der Waals surface area contributed by atoms with E-state index in [0.29, 0.717) is 83.4 Å². The highest BCUT2D eigenvalue weighted by atomic mass is 19.4. The fourth-order valence-corrected chi connectivity index (χ4v) is 6.59. The van der Waals surface area contributed by atoms with Crippen LogP contribution in [-0.4, -0.2) is 97.0 Å². The number of unbranched alkanes of at least 4 members (excludes halogenated alkanes) is 2. The Morgan fingerprint density at radius 1 is 0.672 bits per heavy atom. The summed E-state index contributed by atoms with van der Waals surface area (Å²) in [5, 5.41) is 16.5. The molecular formula is C40H52F4N14O6. The first-order valence-electron chi connectivity index (χ1n) is 20.5. The number of nitrogens with one attached hydrogen (secondary N) is 6. The molecule has 2 fully saturated rings. The summed E-state index contributed by atoms with van der Waals surface area (Å²) in [6.45, 7) is 1.58. The molecule has 0 bridgehead atoms. The number of ether oxygens (including phenoxy) is 2. The summed E-state index contributed by atoms with van der Waals surface area (Å²) in [5.74, 6) is -3.38. The molecule has 5 rings (SSSR count). The molecule has 14 N–H and O–H groups in total. The smallest absolute Gasteiger partial charge is 0.416 e. The van der Waals surface area contributed by atoms with E-state index in [-0.39, 0.29) is 77.2 Å². The quantitative estimate of drug-likeness (QED) is 0.0318. The van der Waals surface area contributed by atoms with Crippen molar-refractivity contribution in [1.82, 2.24) is 20.6 Å². The van der Waals surface area contributed by atoms with Gasteiger partial charge in [-0.3, -0.25) is 29.2 Å². The maximum absolute atomic E-state index is 14.3. The number of alkyl halides is 4. The van der Waals surface area contributed by atoms with Gasteiger partial charge in [0.05, 0.1) is 28.3 Å². The highest BCUT2D eigenvalue weighted by Gasteiger charge is 2.34.